The van der Waals surface area contributed by atoms with Crippen molar-refractivity contribution in [1.29, 1.82) is 0 Å². The Morgan fingerprint density at radius 2 is 2.00 bits per heavy atom. The highest BCUT2D eigenvalue weighted by Crippen LogP contribution is 2.38. The number of aryl methyl sites for hydroxylation is 1. The van der Waals surface area contributed by atoms with E-state index < -0.39 is 24.0 Å². The Morgan fingerprint density at radius 3 is 2.58 bits per heavy atom. The van der Waals surface area contributed by atoms with Gasteiger partial charge in [0.1, 0.15) is 11.4 Å². The Morgan fingerprint density at radius 1 is 1.33 bits per heavy atom. The molecule has 0 spiro atoms. The van der Waals surface area contributed by atoms with E-state index in [-0.39, 0.29) is 0 Å². The van der Waals surface area contributed by atoms with Crippen LogP contribution in [-0.2, 0) is 15.9 Å². The molecule has 3 heterocycles. The van der Waals surface area contributed by atoms with Gasteiger partial charge < -0.3 is 9.31 Å². The van der Waals surface area contributed by atoms with Gasteiger partial charge in [-0.3, -0.25) is 4.68 Å². The van der Waals surface area contributed by atoms with E-state index in [1.807, 2.05) is 58.2 Å². The number of nitrogens with zero attached hydrogens (tertiary/aromatic N) is 2. The molecule has 2 aromatic heterocycles. The van der Waals surface area contributed by atoms with Gasteiger partial charge in [0.2, 0.25) is 0 Å². The fourth-order valence-corrected chi connectivity index (χ4v) is 3.15. The number of halogens is 1. The molecule has 1 aliphatic rings. The molecule has 0 aliphatic carbocycles. The molecule has 1 saturated heterocycles. The van der Waals surface area contributed by atoms with Crippen LogP contribution in [-0.4, -0.2) is 28.1 Å². The molecule has 0 N–H and O–H groups in total. The molecule has 4 nitrogen and oxygen atoms in total. The van der Waals surface area contributed by atoms with Crippen LogP contribution in [0.15, 0.2) is 35.4 Å². The summed E-state index contributed by atoms with van der Waals surface area (Å²) in [4.78, 5) is 1.10. The topological polar surface area (TPSA) is 36.3 Å². The summed E-state index contributed by atoms with van der Waals surface area (Å²) in [5.74, 6) is 0. The third kappa shape index (κ3) is 3.20. The summed E-state index contributed by atoms with van der Waals surface area (Å²) in [5, 5.41) is 6.56. The van der Waals surface area contributed by atoms with Gasteiger partial charge in [-0.05, 0) is 58.2 Å². The molecule has 0 amide bonds. The summed E-state index contributed by atoms with van der Waals surface area (Å²) in [5.41, 5.74) is 0.387. The lowest BCUT2D eigenvalue weighted by Gasteiger charge is -2.32. The highest BCUT2D eigenvalue weighted by Gasteiger charge is 2.52. The van der Waals surface area contributed by atoms with Gasteiger partial charge in [0, 0.05) is 5.69 Å². The summed E-state index contributed by atoms with van der Waals surface area (Å²) in [6.45, 7) is 9.94. The Kier molecular flexibility index (Phi) is 4.44. The van der Waals surface area contributed by atoms with Crippen LogP contribution in [0.1, 0.15) is 33.4 Å². The van der Waals surface area contributed by atoms with Crippen LogP contribution in [0.25, 0.3) is 10.6 Å². The van der Waals surface area contributed by atoms with Crippen molar-refractivity contribution in [3.8, 4) is 10.6 Å². The normalized spacial score (nSPS) is 19.9. The second-order valence-corrected chi connectivity index (χ2v) is 7.96. The van der Waals surface area contributed by atoms with Gasteiger partial charge in [0.25, 0.3) is 0 Å². The van der Waals surface area contributed by atoms with Gasteiger partial charge in [0.05, 0.1) is 22.6 Å². The molecule has 0 bridgehead atoms. The minimum Gasteiger partial charge on any atom is -0.398 e. The summed E-state index contributed by atoms with van der Waals surface area (Å²) in [6, 6.07) is 6.02. The largest absolute Gasteiger partial charge is 0.524 e. The van der Waals surface area contributed by atoms with E-state index in [0.29, 0.717) is 6.54 Å². The highest BCUT2D eigenvalue weighted by molar-refractivity contribution is 7.13. The van der Waals surface area contributed by atoms with Crippen LogP contribution in [0.4, 0.5) is 4.39 Å². The molecule has 1 fully saturated rings. The fourth-order valence-electron chi connectivity index (χ4n) is 2.47. The Hall–Kier alpha value is -1.44. The zero-order valence-electron chi connectivity index (χ0n) is 14.7. The number of aromatic nitrogens is 2. The van der Waals surface area contributed by atoms with Gasteiger partial charge in [-0.1, -0.05) is 6.07 Å². The van der Waals surface area contributed by atoms with Crippen molar-refractivity contribution in [2.45, 2.75) is 52.4 Å². The van der Waals surface area contributed by atoms with Crippen molar-refractivity contribution in [3.63, 3.8) is 0 Å². The molecule has 128 valence electrons. The summed E-state index contributed by atoms with van der Waals surface area (Å²) < 4.78 is 27.7. The van der Waals surface area contributed by atoms with Crippen molar-refractivity contribution in [1.82, 2.24) is 9.78 Å². The number of thiophene rings is 1. The molecule has 7 heteroatoms. The first-order valence-electron chi connectivity index (χ1n) is 7.99. The summed E-state index contributed by atoms with van der Waals surface area (Å²) in [7, 11) is -0.956. The molecular weight excluding hydrogens is 326 g/mol. The molecule has 0 atom stereocenters. The highest BCUT2D eigenvalue weighted by atomic mass is 32.1. The SMILES string of the molecule is Cc1cc(-c2cccs2)nn1CC=C(F)B1OC(C)(C)C(C)(C)O1. The van der Waals surface area contributed by atoms with Crippen LogP contribution < -0.4 is 0 Å². The lowest BCUT2D eigenvalue weighted by atomic mass is 9.88. The monoisotopic (exact) mass is 348 g/mol. The zero-order chi connectivity index (χ0) is 17.5. The Labute approximate surface area is 146 Å². The third-order valence-corrected chi connectivity index (χ3v) is 5.58. The number of rotatable bonds is 4. The quantitative estimate of drug-likeness (QED) is 0.768. The molecule has 0 aromatic carbocycles. The van der Waals surface area contributed by atoms with Crippen LogP contribution in [0.5, 0.6) is 0 Å². The average molecular weight is 348 g/mol. The van der Waals surface area contributed by atoms with Crippen molar-refractivity contribution < 1.29 is 13.7 Å². The molecule has 0 radical (unpaired) electrons. The van der Waals surface area contributed by atoms with E-state index in [0.717, 1.165) is 16.3 Å². The second kappa shape index (κ2) is 6.13. The van der Waals surface area contributed by atoms with Gasteiger partial charge in [0.15, 0.2) is 0 Å². The van der Waals surface area contributed by atoms with Crippen LogP contribution >= 0.6 is 11.3 Å². The maximum atomic E-state index is 14.5. The molecule has 0 saturated carbocycles. The standard InChI is InChI=1S/C17H22BFN2O2S/c1-12-11-13(14-7-6-10-24-14)20-21(12)9-8-15(19)18-22-16(2,3)17(4,5)23-18/h6-8,10-11H,9H2,1-5H3. The lowest BCUT2D eigenvalue weighted by Crippen LogP contribution is -2.41. The lowest BCUT2D eigenvalue weighted by molar-refractivity contribution is 0.00578. The molecule has 3 rings (SSSR count). The van der Waals surface area contributed by atoms with Gasteiger partial charge in [-0.15, -0.1) is 11.3 Å². The molecular formula is C17H22BFN2O2S. The smallest absolute Gasteiger partial charge is 0.398 e. The predicted molar refractivity (Wildman–Crippen MR) is 95.6 cm³/mol. The zero-order valence-corrected chi connectivity index (χ0v) is 15.5. The van der Waals surface area contributed by atoms with E-state index in [4.69, 9.17) is 9.31 Å². The van der Waals surface area contributed by atoms with E-state index in [1.54, 1.807) is 16.0 Å². The van der Waals surface area contributed by atoms with Gasteiger partial charge >= 0.3 is 7.12 Å². The van der Waals surface area contributed by atoms with Crippen LogP contribution in [0, 0.1) is 6.92 Å². The molecule has 0 unspecified atom stereocenters. The molecule has 1 aliphatic heterocycles. The molecule has 24 heavy (non-hydrogen) atoms. The van der Waals surface area contributed by atoms with Gasteiger partial charge in [-0.2, -0.15) is 5.10 Å². The van der Waals surface area contributed by atoms with Gasteiger partial charge in [-0.25, -0.2) is 4.39 Å². The number of allylic oxidation sites excluding steroid dienone is 1. The predicted octanol–water partition coefficient (Wildman–Crippen LogP) is 4.40. The Balaban J connectivity index is 1.72. The summed E-state index contributed by atoms with van der Waals surface area (Å²) >= 11 is 1.64. The first-order valence-corrected chi connectivity index (χ1v) is 8.87. The van der Waals surface area contributed by atoms with Crippen molar-refractivity contribution in [2.24, 2.45) is 0 Å². The van der Waals surface area contributed by atoms with E-state index in [9.17, 15) is 4.39 Å². The first kappa shape index (κ1) is 17.4. The fraction of sp³-hybridized carbons (Fsp3) is 0.471. The van der Waals surface area contributed by atoms with Crippen molar-refractivity contribution in [2.75, 3.05) is 0 Å². The number of hydrogen-bond donors (Lipinski definition) is 0. The van der Waals surface area contributed by atoms with E-state index in [1.165, 1.54) is 6.08 Å². The van der Waals surface area contributed by atoms with E-state index >= 15 is 0 Å². The Bertz CT molecular complexity index is 737. The minimum atomic E-state index is -0.956. The van der Waals surface area contributed by atoms with Crippen molar-refractivity contribution >= 4 is 18.5 Å². The minimum absolute atomic E-state index is 0.340. The maximum Gasteiger partial charge on any atom is 0.524 e. The molecule has 2 aromatic rings. The van der Waals surface area contributed by atoms with Crippen LogP contribution in [0.3, 0.4) is 0 Å². The first-order chi connectivity index (χ1) is 11.2. The maximum absolute atomic E-state index is 14.5. The summed E-state index contributed by atoms with van der Waals surface area (Å²) in [6.07, 6.45) is 1.47. The average Bonchev–Trinajstić information content (AvgIpc) is 3.16. The second-order valence-electron chi connectivity index (χ2n) is 7.01. The van der Waals surface area contributed by atoms with Crippen molar-refractivity contribution in [3.05, 3.63) is 41.1 Å². The van der Waals surface area contributed by atoms with E-state index in [2.05, 4.69) is 5.10 Å². The van der Waals surface area contributed by atoms with Crippen LogP contribution in [0.2, 0.25) is 0 Å². The number of hydrogen-bond acceptors (Lipinski definition) is 4. The third-order valence-electron chi connectivity index (χ3n) is 4.69.